The van der Waals surface area contributed by atoms with Crippen molar-refractivity contribution < 1.29 is 13.2 Å². The lowest BCUT2D eigenvalue weighted by Crippen LogP contribution is -2.39. The van der Waals surface area contributed by atoms with Crippen molar-refractivity contribution in [2.24, 2.45) is 0 Å². The van der Waals surface area contributed by atoms with Gasteiger partial charge in [-0.2, -0.15) is 5.10 Å². The summed E-state index contributed by atoms with van der Waals surface area (Å²) in [5.74, 6) is -0.183. The zero-order chi connectivity index (χ0) is 23.2. The Morgan fingerprint density at radius 2 is 1.85 bits per heavy atom. The molecule has 33 heavy (non-hydrogen) atoms. The molecule has 5 rings (SSSR count). The van der Waals surface area contributed by atoms with Gasteiger partial charge in [0.1, 0.15) is 4.32 Å². The molecule has 9 heteroatoms. The molecule has 1 atom stereocenters. The molecule has 0 bridgehead atoms. The normalized spacial score (nSPS) is 21.3. The van der Waals surface area contributed by atoms with Crippen molar-refractivity contribution in [2.45, 2.75) is 19.4 Å². The summed E-state index contributed by atoms with van der Waals surface area (Å²) in [5, 5.41) is 4.81. The van der Waals surface area contributed by atoms with Crippen LogP contribution in [-0.2, 0) is 14.6 Å². The summed E-state index contributed by atoms with van der Waals surface area (Å²) in [5.41, 5.74) is 4.55. The zero-order valence-electron chi connectivity index (χ0n) is 17.8. The topological polar surface area (TPSA) is 72.3 Å². The second kappa shape index (κ2) is 8.55. The largest absolute Gasteiger partial charge is 0.289 e. The van der Waals surface area contributed by atoms with Crippen LogP contribution in [0, 0.1) is 6.92 Å². The minimum atomic E-state index is -3.13. The Bertz CT molecular complexity index is 1380. The molecule has 1 unspecified atom stereocenters. The molecule has 2 saturated heterocycles. The third kappa shape index (κ3) is 4.40. The summed E-state index contributed by atoms with van der Waals surface area (Å²) in [6, 6.07) is 17.5. The van der Waals surface area contributed by atoms with Gasteiger partial charge in [-0.15, -0.1) is 0 Å². The average molecular weight is 496 g/mol. The van der Waals surface area contributed by atoms with E-state index in [0.717, 1.165) is 28.1 Å². The molecule has 168 valence electrons. The van der Waals surface area contributed by atoms with Crippen molar-refractivity contribution in [3.05, 3.63) is 76.8 Å². The molecule has 2 fully saturated rings. The number of carbonyl (C=O) groups excluding carboxylic acids is 1. The molecule has 2 aromatic carbocycles. The van der Waals surface area contributed by atoms with E-state index >= 15 is 0 Å². The van der Waals surface area contributed by atoms with Gasteiger partial charge in [-0.05, 0) is 31.6 Å². The van der Waals surface area contributed by atoms with E-state index in [1.54, 1.807) is 4.68 Å². The number of hydrogen-bond donors (Lipinski definition) is 0. The standard InChI is InChI=1S/C24H21N3O3S3/c1-16-7-9-17(10-8-16)22-18(14-26(25-22)19-5-3-2-4-6-19)13-21-23(28)27(24(31)32-21)20-11-12-33(29,30)15-20/h2-10,13-14,20H,11-12,15H2,1H3/b21-13-. The lowest BCUT2D eigenvalue weighted by Gasteiger charge is -2.20. The molecule has 3 heterocycles. The van der Waals surface area contributed by atoms with Crippen molar-refractivity contribution >= 4 is 50.1 Å². The average Bonchev–Trinajstić information content (AvgIpc) is 3.45. The lowest BCUT2D eigenvalue weighted by molar-refractivity contribution is -0.123. The first kappa shape index (κ1) is 22.1. The Morgan fingerprint density at radius 1 is 1.12 bits per heavy atom. The van der Waals surface area contributed by atoms with E-state index in [2.05, 4.69) is 0 Å². The molecule has 0 aliphatic carbocycles. The van der Waals surface area contributed by atoms with Gasteiger partial charge >= 0.3 is 0 Å². The van der Waals surface area contributed by atoms with Crippen LogP contribution in [0.5, 0.6) is 0 Å². The minimum Gasteiger partial charge on any atom is -0.289 e. The lowest BCUT2D eigenvalue weighted by atomic mass is 10.1. The smallest absolute Gasteiger partial charge is 0.266 e. The van der Waals surface area contributed by atoms with Crippen LogP contribution in [0.15, 0.2) is 65.7 Å². The second-order valence-electron chi connectivity index (χ2n) is 8.19. The van der Waals surface area contributed by atoms with Crippen LogP contribution in [0.4, 0.5) is 0 Å². The summed E-state index contributed by atoms with van der Waals surface area (Å²) in [6.07, 6.45) is 4.13. The zero-order valence-corrected chi connectivity index (χ0v) is 20.3. The minimum absolute atomic E-state index is 0.0344. The molecule has 6 nitrogen and oxygen atoms in total. The second-order valence-corrected chi connectivity index (χ2v) is 12.1. The number of carbonyl (C=O) groups is 1. The first-order chi connectivity index (χ1) is 15.8. The van der Waals surface area contributed by atoms with Crippen molar-refractivity contribution in [2.75, 3.05) is 11.5 Å². The predicted molar refractivity (Wildman–Crippen MR) is 136 cm³/mol. The predicted octanol–water partition coefficient (Wildman–Crippen LogP) is 4.24. The fourth-order valence-electron chi connectivity index (χ4n) is 4.06. The van der Waals surface area contributed by atoms with Crippen LogP contribution in [0.1, 0.15) is 17.5 Å². The van der Waals surface area contributed by atoms with Gasteiger partial charge in [0.15, 0.2) is 9.84 Å². The number of sulfone groups is 1. The van der Waals surface area contributed by atoms with Gasteiger partial charge in [0.05, 0.1) is 33.8 Å². The van der Waals surface area contributed by atoms with Crippen molar-refractivity contribution in [3.8, 4) is 16.9 Å². The highest BCUT2D eigenvalue weighted by Gasteiger charge is 2.42. The third-order valence-electron chi connectivity index (χ3n) is 5.77. The SMILES string of the molecule is Cc1ccc(-c2nn(-c3ccccc3)cc2/C=C2\SC(=S)N(C3CCS(=O)(=O)C3)C2=O)cc1. The molecule has 0 spiro atoms. The van der Waals surface area contributed by atoms with Gasteiger partial charge in [-0.25, -0.2) is 13.1 Å². The Hall–Kier alpha value is -2.75. The van der Waals surface area contributed by atoms with E-state index in [9.17, 15) is 13.2 Å². The van der Waals surface area contributed by atoms with Gasteiger partial charge < -0.3 is 0 Å². The number of thioether (sulfide) groups is 1. The fraction of sp³-hybridized carbons (Fsp3) is 0.208. The summed E-state index contributed by atoms with van der Waals surface area (Å²) in [4.78, 5) is 15.2. The fourth-order valence-corrected chi connectivity index (χ4v) is 7.15. The molecule has 0 radical (unpaired) electrons. The van der Waals surface area contributed by atoms with E-state index in [1.165, 1.54) is 16.7 Å². The molecule has 2 aliphatic heterocycles. The van der Waals surface area contributed by atoms with Gasteiger partial charge in [0.25, 0.3) is 5.91 Å². The highest BCUT2D eigenvalue weighted by Crippen LogP contribution is 2.37. The highest BCUT2D eigenvalue weighted by molar-refractivity contribution is 8.26. The van der Waals surface area contributed by atoms with E-state index in [4.69, 9.17) is 17.3 Å². The summed E-state index contributed by atoms with van der Waals surface area (Å²) < 4.78 is 26.1. The number of para-hydroxylation sites is 1. The number of aryl methyl sites for hydroxylation is 1. The van der Waals surface area contributed by atoms with E-state index in [0.29, 0.717) is 15.6 Å². The molecule has 1 amide bonds. The molecular weight excluding hydrogens is 474 g/mol. The van der Waals surface area contributed by atoms with Gasteiger partial charge in [-0.1, -0.05) is 72.0 Å². The van der Waals surface area contributed by atoms with Crippen LogP contribution in [0.25, 0.3) is 23.0 Å². The summed E-state index contributed by atoms with van der Waals surface area (Å²) in [6.45, 7) is 2.03. The number of aromatic nitrogens is 2. The summed E-state index contributed by atoms with van der Waals surface area (Å²) >= 11 is 6.67. The molecule has 3 aromatic rings. The first-order valence-corrected chi connectivity index (χ1v) is 13.5. The van der Waals surface area contributed by atoms with Gasteiger partial charge in [-0.3, -0.25) is 9.69 Å². The molecule has 2 aliphatic rings. The highest BCUT2D eigenvalue weighted by atomic mass is 32.2. The van der Waals surface area contributed by atoms with E-state index in [1.807, 2.05) is 73.8 Å². The number of amides is 1. The van der Waals surface area contributed by atoms with Crippen LogP contribution < -0.4 is 0 Å². The molecule has 0 N–H and O–H groups in total. The maximum atomic E-state index is 13.2. The van der Waals surface area contributed by atoms with Crippen LogP contribution in [0.2, 0.25) is 0 Å². The van der Waals surface area contributed by atoms with Crippen molar-refractivity contribution in [1.29, 1.82) is 0 Å². The first-order valence-electron chi connectivity index (χ1n) is 10.5. The number of benzene rings is 2. The number of hydrogen-bond acceptors (Lipinski definition) is 6. The van der Waals surface area contributed by atoms with Crippen LogP contribution in [-0.4, -0.2) is 50.9 Å². The Kier molecular flexibility index (Phi) is 5.72. The maximum absolute atomic E-state index is 13.2. The van der Waals surface area contributed by atoms with Gasteiger partial charge in [0, 0.05) is 17.3 Å². The Labute approximate surface area is 202 Å². The molecule has 1 aromatic heterocycles. The van der Waals surface area contributed by atoms with E-state index in [-0.39, 0.29) is 17.4 Å². The third-order valence-corrected chi connectivity index (χ3v) is 8.85. The Morgan fingerprint density at radius 3 is 2.52 bits per heavy atom. The quantitative estimate of drug-likeness (QED) is 0.398. The Balaban J connectivity index is 1.54. The van der Waals surface area contributed by atoms with Crippen LogP contribution in [0.3, 0.4) is 0 Å². The molecule has 0 saturated carbocycles. The number of nitrogens with zero attached hydrogens (tertiary/aromatic N) is 3. The maximum Gasteiger partial charge on any atom is 0.266 e. The number of thiocarbonyl (C=S) groups is 1. The van der Waals surface area contributed by atoms with Crippen molar-refractivity contribution in [1.82, 2.24) is 14.7 Å². The number of rotatable bonds is 4. The monoisotopic (exact) mass is 495 g/mol. The molecular formula is C24H21N3O3S3. The summed E-state index contributed by atoms with van der Waals surface area (Å²) in [7, 11) is -3.13. The van der Waals surface area contributed by atoms with Crippen molar-refractivity contribution in [3.63, 3.8) is 0 Å². The van der Waals surface area contributed by atoms with E-state index < -0.39 is 15.9 Å². The van der Waals surface area contributed by atoms with Crippen LogP contribution >= 0.6 is 24.0 Å². The van der Waals surface area contributed by atoms with Gasteiger partial charge in [0.2, 0.25) is 0 Å².